The fourth-order valence-corrected chi connectivity index (χ4v) is 2.70. The van der Waals surface area contributed by atoms with Gasteiger partial charge in [-0.2, -0.15) is 0 Å². The molecule has 0 fully saturated rings. The van der Waals surface area contributed by atoms with Crippen LogP contribution in [0.25, 0.3) is 5.70 Å². The summed E-state index contributed by atoms with van der Waals surface area (Å²) in [6, 6.07) is 5.52. The number of ketones is 1. The van der Waals surface area contributed by atoms with Gasteiger partial charge in [-0.15, -0.1) is 0 Å². The molecule has 5 nitrogen and oxygen atoms in total. The van der Waals surface area contributed by atoms with Gasteiger partial charge in [-0.1, -0.05) is 34.8 Å². The molecule has 0 aliphatic rings. The smallest absolute Gasteiger partial charge is 0.297 e. The third-order valence-corrected chi connectivity index (χ3v) is 3.77. The number of hydrogen-bond acceptors (Lipinski definition) is 4. The first kappa shape index (κ1) is 18.4. The average molecular weight is 388 g/mol. The lowest BCUT2D eigenvalue weighted by atomic mass is 10.1. The first-order valence-electron chi connectivity index (χ1n) is 6.70. The highest BCUT2D eigenvalue weighted by atomic mass is 35.5. The van der Waals surface area contributed by atoms with Crippen LogP contribution in [0.15, 0.2) is 41.5 Å². The monoisotopic (exact) mass is 386 g/mol. The highest BCUT2D eigenvalue weighted by Gasteiger charge is 2.20. The van der Waals surface area contributed by atoms with Crippen LogP contribution in [0.4, 0.5) is 0 Å². The molecule has 0 bridgehead atoms. The van der Waals surface area contributed by atoms with Crippen LogP contribution >= 0.6 is 34.8 Å². The third-order valence-electron chi connectivity index (χ3n) is 3.01. The van der Waals surface area contributed by atoms with Crippen LogP contribution in [0.5, 0.6) is 5.75 Å². The Morgan fingerprint density at radius 3 is 2.42 bits per heavy atom. The quantitative estimate of drug-likeness (QED) is 0.641. The lowest BCUT2D eigenvalue weighted by Crippen LogP contribution is -2.24. The van der Waals surface area contributed by atoms with Crippen molar-refractivity contribution in [3.63, 3.8) is 0 Å². The fraction of sp³-hybridized carbons (Fsp3) is 0.125. The van der Waals surface area contributed by atoms with Gasteiger partial charge in [0.1, 0.15) is 5.70 Å². The van der Waals surface area contributed by atoms with E-state index in [0.29, 0.717) is 5.02 Å². The molecule has 0 saturated carbocycles. The molecule has 0 spiro atoms. The Morgan fingerprint density at radius 2 is 1.83 bits per heavy atom. The number of halogens is 3. The Labute approximate surface area is 153 Å². The molecule has 0 amide bonds. The van der Waals surface area contributed by atoms with Crippen LogP contribution in [0.1, 0.15) is 10.4 Å². The zero-order valence-corrected chi connectivity index (χ0v) is 15.0. The summed E-state index contributed by atoms with van der Waals surface area (Å²) in [6.07, 6.45) is 2.69. The van der Waals surface area contributed by atoms with E-state index in [1.165, 1.54) is 30.6 Å². The van der Waals surface area contributed by atoms with E-state index >= 15 is 0 Å². The number of carbonyl (C=O) groups excluding carboxylic acids is 1. The summed E-state index contributed by atoms with van der Waals surface area (Å²) in [4.78, 5) is 26.7. The zero-order chi connectivity index (χ0) is 18.0. The first-order chi connectivity index (χ1) is 11.2. The molecular weight excluding hydrogens is 375 g/mol. The average Bonchev–Trinajstić information content (AvgIpc) is 2.48. The van der Waals surface area contributed by atoms with Crippen LogP contribution in [-0.4, -0.2) is 34.5 Å². The molecule has 1 aromatic heterocycles. The van der Waals surface area contributed by atoms with Gasteiger partial charge in [0.15, 0.2) is 5.75 Å². The fourth-order valence-electron chi connectivity index (χ4n) is 2.00. The van der Waals surface area contributed by atoms with Crippen LogP contribution in [0, 0.1) is 0 Å². The van der Waals surface area contributed by atoms with Crippen molar-refractivity contribution in [3.8, 4) is 5.75 Å². The molecule has 0 aliphatic carbocycles. The number of aromatic hydroxyl groups is 1. The maximum atomic E-state index is 12.9. The lowest BCUT2D eigenvalue weighted by molar-refractivity contribution is 0.104. The summed E-state index contributed by atoms with van der Waals surface area (Å²) in [7, 11) is 3.37. The number of aromatic nitrogens is 1. The van der Waals surface area contributed by atoms with Crippen molar-refractivity contribution in [2.45, 2.75) is 0 Å². The van der Waals surface area contributed by atoms with E-state index in [9.17, 15) is 14.7 Å². The summed E-state index contributed by atoms with van der Waals surface area (Å²) in [5.74, 6) is -1.09. The Morgan fingerprint density at radius 1 is 1.17 bits per heavy atom. The number of hydrogen-bond donors (Lipinski definition) is 1. The molecule has 1 N–H and O–H groups in total. The minimum absolute atomic E-state index is 0.0213. The molecule has 0 saturated heterocycles. The van der Waals surface area contributed by atoms with E-state index < -0.39 is 17.1 Å². The molecule has 0 radical (unpaired) electrons. The molecule has 126 valence electrons. The number of rotatable bonds is 4. The molecule has 2 aromatic rings. The van der Waals surface area contributed by atoms with Gasteiger partial charge in [-0.05, 0) is 18.2 Å². The first-order valence-corrected chi connectivity index (χ1v) is 7.83. The van der Waals surface area contributed by atoms with Gasteiger partial charge in [0, 0.05) is 43.1 Å². The van der Waals surface area contributed by atoms with Gasteiger partial charge >= 0.3 is 0 Å². The maximum absolute atomic E-state index is 12.9. The van der Waals surface area contributed by atoms with E-state index in [4.69, 9.17) is 34.8 Å². The van der Waals surface area contributed by atoms with Gasteiger partial charge in [0.25, 0.3) is 5.56 Å². The van der Waals surface area contributed by atoms with Crippen molar-refractivity contribution in [3.05, 3.63) is 67.6 Å². The minimum Gasteiger partial charge on any atom is -0.503 e. The topological polar surface area (TPSA) is 62.5 Å². The molecule has 0 unspecified atom stereocenters. The molecule has 0 aliphatic heterocycles. The van der Waals surface area contributed by atoms with Crippen LogP contribution < -0.4 is 5.56 Å². The molecule has 0 atom stereocenters. The van der Waals surface area contributed by atoms with E-state index in [0.717, 1.165) is 10.6 Å². The van der Waals surface area contributed by atoms with Gasteiger partial charge in [-0.25, -0.2) is 0 Å². The summed E-state index contributed by atoms with van der Waals surface area (Å²) in [6.45, 7) is 0. The predicted molar refractivity (Wildman–Crippen MR) is 96.1 cm³/mol. The highest BCUT2D eigenvalue weighted by molar-refractivity contribution is 6.39. The third kappa shape index (κ3) is 3.93. The summed E-state index contributed by atoms with van der Waals surface area (Å²) >= 11 is 17.8. The number of pyridine rings is 1. The largest absolute Gasteiger partial charge is 0.503 e. The number of allylic oxidation sites excluding steroid dienone is 1. The van der Waals surface area contributed by atoms with Crippen molar-refractivity contribution < 1.29 is 9.90 Å². The minimum atomic E-state index is -0.772. The number of carbonyl (C=O) groups is 1. The van der Waals surface area contributed by atoms with Crippen LogP contribution in [0.3, 0.4) is 0 Å². The molecule has 1 aromatic carbocycles. The van der Waals surface area contributed by atoms with Gasteiger partial charge in [-0.3, -0.25) is 14.2 Å². The second kappa shape index (κ2) is 7.30. The second-order valence-electron chi connectivity index (χ2n) is 5.15. The van der Waals surface area contributed by atoms with E-state index in [1.54, 1.807) is 19.0 Å². The Bertz CT molecular complexity index is 889. The summed E-state index contributed by atoms with van der Waals surface area (Å²) in [5.41, 5.74) is -0.626. The lowest BCUT2D eigenvalue weighted by Gasteiger charge is -2.15. The van der Waals surface area contributed by atoms with E-state index in [2.05, 4.69) is 0 Å². The van der Waals surface area contributed by atoms with Gasteiger partial charge < -0.3 is 10.0 Å². The van der Waals surface area contributed by atoms with Gasteiger partial charge in [0.2, 0.25) is 5.78 Å². The van der Waals surface area contributed by atoms with Gasteiger partial charge in [0.05, 0.1) is 10.0 Å². The van der Waals surface area contributed by atoms with E-state index in [1.807, 2.05) is 0 Å². The van der Waals surface area contributed by atoms with Crippen molar-refractivity contribution in [1.29, 1.82) is 0 Å². The number of Topliss-reactive ketones (excluding diaryl/α,β-unsaturated/α-hetero) is 1. The van der Waals surface area contributed by atoms with Crippen molar-refractivity contribution in [2.75, 3.05) is 14.1 Å². The van der Waals surface area contributed by atoms with Crippen LogP contribution in [0.2, 0.25) is 15.1 Å². The Kier molecular flexibility index (Phi) is 5.59. The SMILES string of the molecule is CN(C)C=C(C(=O)c1ccc(Cl)cc1Cl)n1cc(Cl)cc(O)c1=O. The van der Waals surface area contributed by atoms with Crippen LogP contribution in [-0.2, 0) is 0 Å². The number of benzene rings is 1. The number of nitrogens with zero attached hydrogens (tertiary/aromatic N) is 2. The van der Waals surface area contributed by atoms with Crippen molar-refractivity contribution >= 4 is 46.3 Å². The summed E-state index contributed by atoms with van der Waals surface area (Å²) < 4.78 is 0.977. The van der Waals surface area contributed by atoms with Crippen molar-refractivity contribution in [2.24, 2.45) is 0 Å². The predicted octanol–water partition coefficient (Wildman–Crippen LogP) is 3.76. The zero-order valence-electron chi connectivity index (χ0n) is 12.8. The standard InChI is InChI=1S/C16H13Cl3N2O3/c1-20(2)8-13(21-7-10(18)6-14(22)16(21)24)15(23)11-4-3-9(17)5-12(11)19/h3-8,22H,1-2H3. The molecule has 24 heavy (non-hydrogen) atoms. The molecule has 1 heterocycles. The second-order valence-corrected chi connectivity index (χ2v) is 6.43. The molecular formula is C16H13Cl3N2O3. The molecule has 8 heteroatoms. The Balaban J connectivity index is 2.67. The summed E-state index contributed by atoms with van der Waals surface area (Å²) in [5, 5.41) is 10.3. The maximum Gasteiger partial charge on any atom is 0.297 e. The Hall–Kier alpha value is -1.95. The van der Waals surface area contributed by atoms with E-state index in [-0.39, 0.29) is 21.3 Å². The molecule has 2 rings (SSSR count). The van der Waals surface area contributed by atoms with Crippen molar-refractivity contribution in [1.82, 2.24) is 9.47 Å². The highest BCUT2D eigenvalue weighted by Crippen LogP contribution is 2.25. The normalized spacial score (nSPS) is 11.5.